The fraction of sp³-hybridized carbons (Fsp3) is 0.286. The Morgan fingerprint density at radius 3 is 2.59 bits per heavy atom. The van der Waals surface area contributed by atoms with Crippen LogP contribution in [-0.2, 0) is 14.3 Å². The zero-order chi connectivity index (χ0) is 20.6. The van der Waals surface area contributed by atoms with Crippen molar-refractivity contribution in [2.45, 2.75) is 12.8 Å². The van der Waals surface area contributed by atoms with Gasteiger partial charge in [0.15, 0.2) is 23.9 Å². The molecule has 0 saturated carbocycles. The lowest BCUT2D eigenvalue weighted by atomic mass is 10.1. The van der Waals surface area contributed by atoms with Crippen molar-refractivity contribution >= 4 is 23.3 Å². The van der Waals surface area contributed by atoms with Crippen molar-refractivity contribution in [3.63, 3.8) is 0 Å². The van der Waals surface area contributed by atoms with Gasteiger partial charge in [-0.2, -0.15) is 0 Å². The summed E-state index contributed by atoms with van der Waals surface area (Å²) in [7, 11) is 1.52. The van der Waals surface area contributed by atoms with Crippen LogP contribution in [0.1, 0.15) is 23.2 Å². The molecule has 1 aliphatic heterocycles. The molecule has 0 spiro atoms. The maximum atomic E-state index is 12.3. The van der Waals surface area contributed by atoms with Crippen LogP contribution in [0.3, 0.4) is 0 Å². The van der Waals surface area contributed by atoms with Crippen LogP contribution in [0.2, 0.25) is 0 Å². The first-order chi connectivity index (χ1) is 14.0. The fourth-order valence-corrected chi connectivity index (χ4v) is 2.69. The molecule has 0 saturated heterocycles. The number of nitrogens with one attached hydrogen (secondary N) is 1. The van der Waals surface area contributed by atoms with Crippen LogP contribution in [0.15, 0.2) is 42.5 Å². The largest absolute Gasteiger partial charge is 0.497 e. The van der Waals surface area contributed by atoms with Crippen LogP contribution in [0.25, 0.3) is 0 Å². The summed E-state index contributed by atoms with van der Waals surface area (Å²) in [5.74, 6) is 0.367. The predicted octanol–water partition coefficient (Wildman–Crippen LogP) is 2.61. The third kappa shape index (κ3) is 5.71. The average Bonchev–Trinajstić information content (AvgIpc) is 2.75. The smallest absolute Gasteiger partial charge is 0.306 e. The Morgan fingerprint density at radius 1 is 1.00 bits per heavy atom. The van der Waals surface area contributed by atoms with Crippen molar-refractivity contribution in [2.24, 2.45) is 0 Å². The van der Waals surface area contributed by atoms with Crippen LogP contribution in [0.5, 0.6) is 17.2 Å². The SMILES string of the molecule is COc1cccc(NC(=O)COC(=O)CCC(=O)c2ccc3c(c2)OCCO3)c1. The number of methoxy groups -OCH3 is 1. The van der Waals surface area contributed by atoms with E-state index in [4.69, 9.17) is 18.9 Å². The first kappa shape index (κ1) is 20.2. The third-order valence-corrected chi connectivity index (χ3v) is 4.14. The Morgan fingerprint density at radius 2 is 1.79 bits per heavy atom. The van der Waals surface area contributed by atoms with Gasteiger partial charge in [0.25, 0.3) is 5.91 Å². The molecule has 0 aliphatic carbocycles. The summed E-state index contributed by atoms with van der Waals surface area (Å²) >= 11 is 0. The number of carbonyl (C=O) groups is 3. The van der Waals surface area contributed by atoms with E-state index in [9.17, 15) is 14.4 Å². The van der Waals surface area contributed by atoms with Gasteiger partial charge in [0.1, 0.15) is 19.0 Å². The maximum absolute atomic E-state index is 12.3. The zero-order valence-corrected chi connectivity index (χ0v) is 15.9. The number of benzene rings is 2. The second kappa shape index (κ2) is 9.59. The van der Waals surface area contributed by atoms with Crippen LogP contribution >= 0.6 is 0 Å². The van der Waals surface area contributed by atoms with E-state index in [0.29, 0.717) is 41.7 Å². The van der Waals surface area contributed by atoms with Crippen LogP contribution in [0.4, 0.5) is 5.69 Å². The van der Waals surface area contributed by atoms with E-state index in [1.807, 2.05) is 0 Å². The summed E-state index contributed by atoms with van der Waals surface area (Å²) < 4.78 is 20.9. The molecule has 2 aromatic carbocycles. The van der Waals surface area contributed by atoms with Crippen molar-refractivity contribution in [1.29, 1.82) is 0 Å². The highest BCUT2D eigenvalue weighted by atomic mass is 16.6. The lowest BCUT2D eigenvalue weighted by molar-refractivity contribution is -0.147. The quantitative estimate of drug-likeness (QED) is 0.538. The van der Waals surface area contributed by atoms with E-state index in [1.165, 1.54) is 7.11 Å². The molecule has 1 amide bonds. The molecule has 1 N–H and O–H groups in total. The Hall–Kier alpha value is -3.55. The summed E-state index contributed by atoms with van der Waals surface area (Å²) in [6, 6.07) is 11.7. The van der Waals surface area contributed by atoms with E-state index in [1.54, 1.807) is 42.5 Å². The number of anilines is 1. The molecule has 29 heavy (non-hydrogen) atoms. The molecule has 8 nitrogen and oxygen atoms in total. The van der Waals surface area contributed by atoms with E-state index in [2.05, 4.69) is 5.32 Å². The highest BCUT2D eigenvalue weighted by Gasteiger charge is 2.16. The lowest BCUT2D eigenvalue weighted by Gasteiger charge is -2.18. The molecule has 2 aromatic rings. The molecule has 152 valence electrons. The van der Waals surface area contributed by atoms with E-state index in [-0.39, 0.29) is 18.6 Å². The third-order valence-electron chi connectivity index (χ3n) is 4.14. The molecule has 1 aliphatic rings. The Labute approximate surface area is 167 Å². The van der Waals surface area contributed by atoms with E-state index >= 15 is 0 Å². The monoisotopic (exact) mass is 399 g/mol. The highest BCUT2D eigenvalue weighted by molar-refractivity contribution is 5.98. The number of fused-ring (bicyclic) bond motifs is 1. The van der Waals surface area contributed by atoms with Crippen LogP contribution in [0, 0.1) is 0 Å². The summed E-state index contributed by atoms with van der Waals surface area (Å²) in [6.45, 7) is 0.459. The van der Waals surface area contributed by atoms with Gasteiger partial charge in [-0.1, -0.05) is 6.07 Å². The molecule has 0 atom stereocenters. The van der Waals surface area contributed by atoms with Crippen molar-refractivity contribution in [3.05, 3.63) is 48.0 Å². The van der Waals surface area contributed by atoms with Gasteiger partial charge in [0.2, 0.25) is 0 Å². The molecule has 0 bridgehead atoms. The average molecular weight is 399 g/mol. The molecule has 0 fully saturated rings. The van der Waals surface area contributed by atoms with Gasteiger partial charge in [-0.15, -0.1) is 0 Å². The van der Waals surface area contributed by atoms with Crippen molar-refractivity contribution < 1.29 is 33.3 Å². The normalized spacial score (nSPS) is 12.0. The molecule has 3 rings (SSSR count). The fourth-order valence-electron chi connectivity index (χ4n) is 2.69. The minimum Gasteiger partial charge on any atom is -0.497 e. The van der Waals surface area contributed by atoms with E-state index < -0.39 is 18.5 Å². The number of hydrogen-bond donors (Lipinski definition) is 1. The van der Waals surface area contributed by atoms with Crippen molar-refractivity contribution in [3.8, 4) is 17.2 Å². The number of amides is 1. The van der Waals surface area contributed by atoms with Gasteiger partial charge < -0.3 is 24.3 Å². The number of esters is 1. The second-order valence-electron chi connectivity index (χ2n) is 6.22. The Kier molecular flexibility index (Phi) is 6.67. The first-order valence-corrected chi connectivity index (χ1v) is 9.07. The lowest BCUT2D eigenvalue weighted by Crippen LogP contribution is -2.21. The van der Waals surface area contributed by atoms with Crippen molar-refractivity contribution in [1.82, 2.24) is 0 Å². The number of hydrogen-bond acceptors (Lipinski definition) is 7. The number of carbonyl (C=O) groups excluding carboxylic acids is 3. The summed E-state index contributed by atoms with van der Waals surface area (Å²) in [6.07, 6.45) is -0.157. The molecular weight excluding hydrogens is 378 g/mol. The molecule has 0 radical (unpaired) electrons. The van der Waals surface area contributed by atoms with Crippen molar-refractivity contribution in [2.75, 3.05) is 32.2 Å². The number of ketones is 1. The highest BCUT2D eigenvalue weighted by Crippen LogP contribution is 2.31. The van der Waals surface area contributed by atoms with Gasteiger partial charge in [-0.3, -0.25) is 14.4 Å². The van der Waals surface area contributed by atoms with Crippen LogP contribution in [-0.4, -0.2) is 44.6 Å². The number of ether oxygens (including phenoxy) is 4. The second-order valence-corrected chi connectivity index (χ2v) is 6.22. The molecule has 8 heteroatoms. The first-order valence-electron chi connectivity index (χ1n) is 9.07. The van der Waals surface area contributed by atoms with Gasteiger partial charge in [0, 0.05) is 23.7 Å². The molecular formula is C21H21NO7. The zero-order valence-electron chi connectivity index (χ0n) is 15.9. The predicted molar refractivity (Wildman–Crippen MR) is 104 cm³/mol. The maximum Gasteiger partial charge on any atom is 0.306 e. The van der Waals surface area contributed by atoms with Gasteiger partial charge >= 0.3 is 5.97 Å². The summed E-state index contributed by atoms with van der Waals surface area (Å²) in [5, 5.41) is 2.60. The molecule has 0 unspecified atom stereocenters. The molecule has 0 aromatic heterocycles. The van der Waals surface area contributed by atoms with Crippen LogP contribution < -0.4 is 19.5 Å². The minimum absolute atomic E-state index is 0.0318. The van der Waals surface area contributed by atoms with Gasteiger partial charge in [-0.05, 0) is 30.3 Å². The topological polar surface area (TPSA) is 100 Å². The number of Topliss-reactive ketones (excluding diaryl/α,β-unsaturated/α-hetero) is 1. The molecule has 1 heterocycles. The minimum atomic E-state index is -0.628. The Balaban J connectivity index is 1.42. The Bertz CT molecular complexity index is 910. The number of rotatable bonds is 8. The summed E-state index contributed by atoms with van der Waals surface area (Å²) in [5.41, 5.74) is 0.956. The van der Waals surface area contributed by atoms with Gasteiger partial charge in [0.05, 0.1) is 13.5 Å². The van der Waals surface area contributed by atoms with Gasteiger partial charge in [-0.25, -0.2) is 0 Å². The summed E-state index contributed by atoms with van der Waals surface area (Å²) in [4.78, 5) is 36.0. The van der Waals surface area contributed by atoms with E-state index in [0.717, 1.165) is 0 Å². The standard InChI is InChI=1S/C21H21NO7/c1-26-16-4-2-3-15(12-16)22-20(24)13-29-21(25)8-6-17(23)14-5-7-18-19(11-14)28-10-9-27-18/h2-5,7,11-12H,6,8-10,13H2,1H3,(H,22,24).